The molecule has 3 nitrogen and oxygen atoms in total. The highest BCUT2D eigenvalue weighted by atomic mass is 35.5. The lowest BCUT2D eigenvalue weighted by atomic mass is 10.2. The molecule has 1 heterocycles. The van der Waals surface area contributed by atoms with Gasteiger partial charge in [0.25, 0.3) is 0 Å². The number of ether oxygens (including phenoxy) is 1. The Morgan fingerprint density at radius 3 is 2.90 bits per heavy atom. The molecule has 0 spiro atoms. The summed E-state index contributed by atoms with van der Waals surface area (Å²) in [7, 11) is 0. The molecule has 104 valence electrons. The lowest BCUT2D eigenvalue weighted by molar-refractivity contribution is -0.138. The van der Waals surface area contributed by atoms with Gasteiger partial charge in [0.1, 0.15) is 6.61 Å². The first-order valence-corrected chi connectivity index (χ1v) is 7.27. The Kier molecular flexibility index (Phi) is 4.93. The van der Waals surface area contributed by atoms with E-state index >= 15 is 0 Å². The summed E-state index contributed by atoms with van der Waals surface area (Å²) in [6.45, 7) is 4.10. The predicted molar refractivity (Wildman–Crippen MR) is 81.9 cm³/mol. The van der Waals surface area contributed by atoms with Crippen molar-refractivity contribution in [2.45, 2.75) is 20.5 Å². The largest absolute Gasteiger partial charge is 0.457 e. The Hall–Kier alpha value is -1.65. The van der Waals surface area contributed by atoms with E-state index in [2.05, 4.69) is 4.98 Å². The van der Waals surface area contributed by atoms with Crippen molar-refractivity contribution in [3.05, 3.63) is 56.5 Å². The number of esters is 1. The second-order valence-electron chi connectivity index (χ2n) is 4.24. The molecule has 1 aromatic heterocycles. The molecule has 0 atom stereocenters. The number of carbonyl (C=O) groups is 1. The van der Waals surface area contributed by atoms with Gasteiger partial charge in [-0.25, -0.2) is 9.78 Å². The van der Waals surface area contributed by atoms with E-state index in [1.165, 1.54) is 6.08 Å². The van der Waals surface area contributed by atoms with Gasteiger partial charge in [0, 0.05) is 11.1 Å². The van der Waals surface area contributed by atoms with Crippen LogP contribution in [0, 0.1) is 13.8 Å². The van der Waals surface area contributed by atoms with Crippen LogP contribution in [0.2, 0.25) is 5.02 Å². The van der Waals surface area contributed by atoms with Crippen LogP contribution < -0.4 is 0 Å². The first-order valence-electron chi connectivity index (χ1n) is 6.08. The molecule has 0 aliphatic rings. The summed E-state index contributed by atoms with van der Waals surface area (Å²) in [5.74, 6) is -0.379. The summed E-state index contributed by atoms with van der Waals surface area (Å²) in [4.78, 5) is 16.9. The van der Waals surface area contributed by atoms with Crippen LogP contribution in [-0.2, 0) is 16.1 Å². The molecular weight excluding hydrogens is 294 g/mol. The van der Waals surface area contributed by atoms with E-state index in [9.17, 15) is 4.79 Å². The van der Waals surface area contributed by atoms with Gasteiger partial charge >= 0.3 is 5.97 Å². The van der Waals surface area contributed by atoms with Crippen LogP contribution in [0.1, 0.15) is 21.1 Å². The van der Waals surface area contributed by atoms with Crippen LogP contribution in [0.3, 0.4) is 0 Å². The van der Waals surface area contributed by atoms with E-state index in [1.54, 1.807) is 29.5 Å². The van der Waals surface area contributed by atoms with E-state index in [0.717, 1.165) is 21.1 Å². The number of nitrogens with zero attached hydrogens (tertiary/aromatic N) is 1. The lowest BCUT2D eigenvalue weighted by Crippen LogP contribution is -2.00. The molecule has 5 heteroatoms. The molecule has 0 radical (unpaired) electrons. The number of carbonyl (C=O) groups excluding carboxylic acids is 1. The van der Waals surface area contributed by atoms with Crippen LogP contribution >= 0.6 is 22.9 Å². The highest BCUT2D eigenvalue weighted by Gasteiger charge is 2.06. The van der Waals surface area contributed by atoms with Crippen LogP contribution in [0.4, 0.5) is 0 Å². The van der Waals surface area contributed by atoms with Crippen LogP contribution in [-0.4, -0.2) is 11.0 Å². The zero-order valence-corrected chi connectivity index (χ0v) is 12.8. The van der Waals surface area contributed by atoms with E-state index in [0.29, 0.717) is 5.02 Å². The van der Waals surface area contributed by atoms with Crippen molar-refractivity contribution >= 4 is 35.0 Å². The molecule has 0 unspecified atom stereocenters. The third-order valence-electron chi connectivity index (χ3n) is 2.61. The third kappa shape index (κ3) is 4.18. The van der Waals surface area contributed by atoms with Gasteiger partial charge in [-0.05, 0) is 37.6 Å². The number of hydrogen-bond acceptors (Lipinski definition) is 4. The van der Waals surface area contributed by atoms with Crippen molar-refractivity contribution in [1.82, 2.24) is 4.98 Å². The molecule has 2 aromatic rings. The Morgan fingerprint density at radius 2 is 2.25 bits per heavy atom. The van der Waals surface area contributed by atoms with Crippen LogP contribution in [0.5, 0.6) is 0 Å². The van der Waals surface area contributed by atoms with Crippen molar-refractivity contribution in [3.8, 4) is 0 Å². The normalized spacial score (nSPS) is 10.9. The zero-order chi connectivity index (χ0) is 14.5. The van der Waals surface area contributed by atoms with Gasteiger partial charge in [-0.3, -0.25) is 0 Å². The molecule has 0 saturated carbocycles. The van der Waals surface area contributed by atoms with Gasteiger partial charge in [0.2, 0.25) is 0 Å². The fraction of sp³-hybridized carbons (Fsp3) is 0.200. The number of aryl methyl sites for hydroxylation is 2. The summed E-state index contributed by atoms with van der Waals surface area (Å²) in [5, 5.41) is 1.61. The van der Waals surface area contributed by atoms with E-state index in [1.807, 2.05) is 26.0 Å². The number of thiazole rings is 1. The van der Waals surface area contributed by atoms with Crippen LogP contribution in [0.15, 0.2) is 30.3 Å². The number of benzene rings is 1. The van der Waals surface area contributed by atoms with E-state index < -0.39 is 0 Å². The predicted octanol–water partition coefficient (Wildman–Crippen LogP) is 4.17. The fourth-order valence-electron chi connectivity index (χ4n) is 1.67. The maximum Gasteiger partial charge on any atom is 0.331 e. The third-order valence-corrected chi connectivity index (χ3v) is 3.89. The molecule has 20 heavy (non-hydrogen) atoms. The Labute approximate surface area is 126 Å². The van der Waals surface area contributed by atoms with Gasteiger partial charge in [-0.2, -0.15) is 0 Å². The first kappa shape index (κ1) is 14.8. The van der Waals surface area contributed by atoms with Crippen molar-refractivity contribution in [1.29, 1.82) is 0 Å². The smallest absolute Gasteiger partial charge is 0.331 e. The SMILES string of the molecule is Cc1nc(C)c(COC(=O)/C=C/c2cccc(Cl)c2)s1. The molecule has 0 aliphatic heterocycles. The standard InChI is InChI=1S/C15H14ClNO2S/c1-10-14(20-11(2)17-10)9-19-15(18)7-6-12-4-3-5-13(16)8-12/h3-8H,9H2,1-2H3/b7-6+. The molecule has 0 saturated heterocycles. The van der Waals surface area contributed by atoms with Gasteiger partial charge < -0.3 is 4.74 Å². The summed E-state index contributed by atoms with van der Waals surface area (Å²) in [6, 6.07) is 7.26. The fourth-order valence-corrected chi connectivity index (χ4v) is 2.72. The Morgan fingerprint density at radius 1 is 1.45 bits per heavy atom. The van der Waals surface area contributed by atoms with Crippen molar-refractivity contribution in [2.24, 2.45) is 0 Å². The van der Waals surface area contributed by atoms with Crippen molar-refractivity contribution < 1.29 is 9.53 Å². The Bertz CT molecular complexity index is 649. The highest BCUT2D eigenvalue weighted by molar-refractivity contribution is 7.11. The van der Waals surface area contributed by atoms with Crippen LogP contribution in [0.25, 0.3) is 6.08 Å². The summed E-state index contributed by atoms with van der Waals surface area (Å²) in [6.07, 6.45) is 3.08. The minimum absolute atomic E-state index is 0.260. The van der Waals surface area contributed by atoms with Gasteiger partial charge in [-0.15, -0.1) is 11.3 Å². The molecule has 2 rings (SSSR count). The zero-order valence-electron chi connectivity index (χ0n) is 11.2. The van der Waals surface area contributed by atoms with Gasteiger partial charge in [-0.1, -0.05) is 23.7 Å². The van der Waals surface area contributed by atoms with E-state index in [-0.39, 0.29) is 12.6 Å². The number of rotatable bonds is 4. The molecule has 0 fully saturated rings. The van der Waals surface area contributed by atoms with Crippen molar-refractivity contribution in [2.75, 3.05) is 0 Å². The monoisotopic (exact) mass is 307 g/mol. The molecule has 0 amide bonds. The molecule has 0 bridgehead atoms. The Balaban J connectivity index is 1.91. The second kappa shape index (κ2) is 6.68. The van der Waals surface area contributed by atoms with Gasteiger partial charge in [0.15, 0.2) is 0 Å². The summed E-state index contributed by atoms with van der Waals surface area (Å²) in [5.41, 5.74) is 1.78. The number of aromatic nitrogens is 1. The highest BCUT2D eigenvalue weighted by Crippen LogP contribution is 2.18. The molecule has 0 aliphatic carbocycles. The number of halogens is 1. The van der Waals surface area contributed by atoms with Gasteiger partial charge in [0.05, 0.1) is 15.6 Å². The maximum atomic E-state index is 11.6. The average molecular weight is 308 g/mol. The summed E-state index contributed by atoms with van der Waals surface area (Å²) < 4.78 is 5.19. The molecular formula is C15H14ClNO2S. The van der Waals surface area contributed by atoms with E-state index in [4.69, 9.17) is 16.3 Å². The minimum Gasteiger partial charge on any atom is -0.457 e. The summed E-state index contributed by atoms with van der Waals surface area (Å²) >= 11 is 7.41. The average Bonchev–Trinajstić information content (AvgIpc) is 2.72. The van der Waals surface area contributed by atoms with Crippen molar-refractivity contribution in [3.63, 3.8) is 0 Å². The second-order valence-corrected chi connectivity index (χ2v) is 5.96. The minimum atomic E-state index is -0.379. The number of hydrogen-bond donors (Lipinski definition) is 0. The molecule has 1 aromatic carbocycles. The lowest BCUT2D eigenvalue weighted by Gasteiger charge is -2.00. The quantitative estimate of drug-likeness (QED) is 0.628. The maximum absolute atomic E-state index is 11.6. The molecule has 0 N–H and O–H groups in total. The first-order chi connectivity index (χ1) is 9.54. The topological polar surface area (TPSA) is 39.2 Å².